The standard InChI is InChI=1S/C24H22N2O4S3/c1-15-25-18(13-31-15)14-32-22-7-5-4-6-19(22)24(27)30-11-17-12-33-23(26-17)16-8-9-20(28-2)21(10-16)29-3/h4-10,12-13H,11,14H2,1-3H3. The Labute approximate surface area is 204 Å². The Morgan fingerprint density at radius 1 is 0.970 bits per heavy atom. The lowest BCUT2D eigenvalue weighted by Gasteiger charge is -2.08. The van der Waals surface area contributed by atoms with E-state index in [2.05, 4.69) is 9.97 Å². The Morgan fingerprint density at radius 2 is 1.76 bits per heavy atom. The van der Waals surface area contributed by atoms with Crippen molar-refractivity contribution >= 4 is 40.4 Å². The van der Waals surface area contributed by atoms with E-state index in [0.717, 1.165) is 26.2 Å². The number of benzene rings is 2. The summed E-state index contributed by atoms with van der Waals surface area (Å²) in [5, 5.41) is 5.79. The van der Waals surface area contributed by atoms with Crippen LogP contribution in [0.4, 0.5) is 0 Å². The molecule has 0 aliphatic carbocycles. The van der Waals surface area contributed by atoms with Gasteiger partial charge in [0.05, 0.1) is 36.2 Å². The van der Waals surface area contributed by atoms with Gasteiger partial charge in [0.15, 0.2) is 11.5 Å². The molecule has 4 rings (SSSR count). The van der Waals surface area contributed by atoms with Gasteiger partial charge in [0.2, 0.25) is 0 Å². The van der Waals surface area contributed by atoms with Crippen LogP contribution in [0.2, 0.25) is 0 Å². The Hall–Kier alpha value is -2.88. The van der Waals surface area contributed by atoms with Crippen molar-refractivity contribution in [1.29, 1.82) is 0 Å². The van der Waals surface area contributed by atoms with Crippen molar-refractivity contribution in [2.24, 2.45) is 0 Å². The molecule has 2 aromatic carbocycles. The highest BCUT2D eigenvalue weighted by atomic mass is 32.2. The highest BCUT2D eigenvalue weighted by molar-refractivity contribution is 7.98. The number of thiazole rings is 2. The number of nitrogens with zero attached hydrogens (tertiary/aromatic N) is 2. The molecule has 0 fully saturated rings. The molecule has 0 saturated carbocycles. The number of methoxy groups -OCH3 is 2. The smallest absolute Gasteiger partial charge is 0.339 e. The van der Waals surface area contributed by atoms with Crippen LogP contribution in [0.1, 0.15) is 26.8 Å². The van der Waals surface area contributed by atoms with Crippen LogP contribution >= 0.6 is 34.4 Å². The van der Waals surface area contributed by atoms with E-state index in [4.69, 9.17) is 14.2 Å². The number of esters is 1. The fraction of sp³-hybridized carbons (Fsp3) is 0.208. The topological polar surface area (TPSA) is 70.5 Å². The predicted molar refractivity (Wildman–Crippen MR) is 133 cm³/mol. The quantitative estimate of drug-likeness (QED) is 0.200. The molecule has 2 heterocycles. The van der Waals surface area contributed by atoms with E-state index in [9.17, 15) is 4.79 Å². The SMILES string of the molecule is COc1ccc(-c2nc(COC(=O)c3ccccc3SCc3csc(C)n3)cs2)cc1OC. The van der Waals surface area contributed by atoms with Crippen molar-refractivity contribution in [2.75, 3.05) is 14.2 Å². The Morgan fingerprint density at radius 3 is 2.52 bits per heavy atom. The first-order chi connectivity index (χ1) is 16.1. The van der Waals surface area contributed by atoms with Crippen molar-refractivity contribution in [3.8, 4) is 22.1 Å². The van der Waals surface area contributed by atoms with Gasteiger partial charge in [-0.15, -0.1) is 34.4 Å². The third kappa shape index (κ3) is 5.73. The van der Waals surface area contributed by atoms with Gasteiger partial charge in [0, 0.05) is 27.0 Å². The van der Waals surface area contributed by atoms with Gasteiger partial charge in [-0.05, 0) is 37.3 Å². The highest BCUT2D eigenvalue weighted by Crippen LogP contribution is 2.34. The molecular weight excluding hydrogens is 476 g/mol. The van der Waals surface area contributed by atoms with Gasteiger partial charge in [-0.2, -0.15) is 0 Å². The molecule has 0 unspecified atom stereocenters. The van der Waals surface area contributed by atoms with Gasteiger partial charge in [0.25, 0.3) is 0 Å². The summed E-state index contributed by atoms with van der Waals surface area (Å²) in [7, 11) is 3.20. The summed E-state index contributed by atoms with van der Waals surface area (Å²) in [5.41, 5.74) is 3.16. The maximum atomic E-state index is 12.8. The number of hydrogen-bond acceptors (Lipinski definition) is 9. The summed E-state index contributed by atoms with van der Waals surface area (Å²) in [5.74, 6) is 1.64. The van der Waals surface area contributed by atoms with Crippen LogP contribution in [0.15, 0.2) is 58.1 Å². The second-order valence-electron chi connectivity index (χ2n) is 6.93. The van der Waals surface area contributed by atoms with Gasteiger partial charge in [-0.25, -0.2) is 14.8 Å². The summed E-state index contributed by atoms with van der Waals surface area (Å²) in [6.45, 7) is 2.09. The Bertz CT molecular complexity index is 1250. The summed E-state index contributed by atoms with van der Waals surface area (Å²) >= 11 is 4.69. The maximum absolute atomic E-state index is 12.8. The van der Waals surface area contributed by atoms with Gasteiger partial charge in [-0.1, -0.05) is 12.1 Å². The molecule has 0 amide bonds. The van der Waals surface area contributed by atoms with Gasteiger partial charge in [-0.3, -0.25) is 0 Å². The van der Waals surface area contributed by atoms with Gasteiger partial charge < -0.3 is 14.2 Å². The second kappa shape index (κ2) is 10.8. The number of ether oxygens (including phenoxy) is 3. The fourth-order valence-corrected chi connectivity index (χ4v) is 5.53. The number of thioether (sulfide) groups is 1. The lowest BCUT2D eigenvalue weighted by molar-refractivity contribution is 0.0464. The number of aromatic nitrogens is 2. The molecule has 33 heavy (non-hydrogen) atoms. The minimum atomic E-state index is -0.367. The van der Waals surface area contributed by atoms with Crippen molar-refractivity contribution < 1.29 is 19.0 Å². The normalized spacial score (nSPS) is 10.8. The van der Waals surface area contributed by atoms with Crippen molar-refractivity contribution in [1.82, 2.24) is 9.97 Å². The molecule has 2 aromatic heterocycles. The average Bonchev–Trinajstić information content (AvgIpc) is 3.49. The first-order valence-electron chi connectivity index (χ1n) is 10.0. The van der Waals surface area contributed by atoms with Gasteiger partial charge in [0.1, 0.15) is 11.6 Å². The van der Waals surface area contributed by atoms with Crippen molar-refractivity contribution in [3.63, 3.8) is 0 Å². The van der Waals surface area contributed by atoms with Crippen LogP contribution in [0.3, 0.4) is 0 Å². The molecule has 0 saturated heterocycles. The molecule has 0 atom stereocenters. The Kier molecular flexibility index (Phi) is 7.64. The lowest BCUT2D eigenvalue weighted by Crippen LogP contribution is -2.07. The lowest BCUT2D eigenvalue weighted by atomic mass is 10.2. The molecule has 0 N–H and O–H groups in total. The average molecular weight is 499 g/mol. The van der Waals surface area contributed by atoms with Crippen LogP contribution in [0.5, 0.6) is 11.5 Å². The zero-order valence-corrected chi connectivity index (χ0v) is 20.8. The third-order valence-electron chi connectivity index (χ3n) is 4.68. The van der Waals surface area contributed by atoms with Crippen molar-refractivity contribution in [3.05, 3.63) is 75.2 Å². The molecule has 0 radical (unpaired) electrons. The zero-order chi connectivity index (χ0) is 23.2. The highest BCUT2D eigenvalue weighted by Gasteiger charge is 2.15. The summed E-state index contributed by atoms with van der Waals surface area (Å²) < 4.78 is 16.2. The van der Waals surface area contributed by atoms with Crippen LogP contribution in [0.25, 0.3) is 10.6 Å². The van der Waals surface area contributed by atoms with Crippen LogP contribution in [0, 0.1) is 6.92 Å². The van der Waals surface area contributed by atoms with E-state index in [-0.39, 0.29) is 12.6 Å². The molecule has 4 aromatic rings. The third-order valence-corrected chi connectivity index (χ3v) is 7.55. The van der Waals surface area contributed by atoms with Crippen LogP contribution < -0.4 is 9.47 Å². The largest absolute Gasteiger partial charge is 0.493 e. The number of rotatable bonds is 9. The Balaban J connectivity index is 1.40. The van der Waals surface area contributed by atoms with E-state index in [0.29, 0.717) is 28.5 Å². The molecule has 0 spiro atoms. The van der Waals surface area contributed by atoms with Crippen LogP contribution in [-0.4, -0.2) is 30.2 Å². The van der Waals surface area contributed by atoms with E-state index in [1.54, 1.807) is 43.4 Å². The molecule has 9 heteroatoms. The summed E-state index contributed by atoms with van der Waals surface area (Å²) in [6, 6.07) is 13.1. The van der Waals surface area contributed by atoms with Crippen molar-refractivity contribution in [2.45, 2.75) is 24.2 Å². The first-order valence-corrected chi connectivity index (χ1v) is 12.8. The zero-order valence-electron chi connectivity index (χ0n) is 18.4. The first kappa shape index (κ1) is 23.3. The molecule has 170 valence electrons. The number of hydrogen-bond donors (Lipinski definition) is 0. The molecule has 6 nitrogen and oxygen atoms in total. The predicted octanol–water partition coefficient (Wildman–Crippen LogP) is 6.24. The molecular formula is C24H22N2O4S3. The van der Waals surface area contributed by atoms with E-state index in [1.165, 1.54) is 11.3 Å². The van der Waals surface area contributed by atoms with E-state index < -0.39 is 0 Å². The number of aryl methyl sites for hydroxylation is 1. The van der Waals surface area contributed by atoms with Gasteiger partial charge >= 0.3 is 5.97 Å². The van der Waals surface area contributed by atoms with E-state index in [1.807, 2.05) is 54.1 Å². The minimum Gasteiger partial charge on any atom is -0.493 e. The number of carbonyl (C=O) groups excluding carboxylic acids is 1. The maximum Gasteiger partial charge on any atom is 0.339 e. The summed E-state index contributed by atoms with van der Waals surface area (Å²) in [4.78, 5) is 22.7. The number of carbonyl (C=O) groups is 1. The van der Waals surface area contributed by atoms with E-state index >= 15 is 0 Å². The molecule has 0 aliphatic heterocycles. The fourth-order valence-electron chi connectivity index (χ4n) is 3.08. The minimum absolute atomic E-state index is 0.104. The van der Waals surface area contributed by atoms with Crippen LogP contribution in [-0.2, 0) is 17.1 Å². The molecule has 0 bridgehead atoms. The molecule has 0 aliphatic rings. The summed E-state index contributed by atoms with van der Waals surface area (Å²) in [6.07, 6.45) is 0. The monoisotopic (exact) mass is 498 g/mol. The second-order valence-corrected chi connectivity index (χ2v) is 9.87.